The molecule has 0 bridgehead atoms. The van der Waals surface area contributed by atoms with Gasteiger partial charge in [0.2, 0.25) is 5.91 Å². The Balaban J connectivity index is 1.52. The molecule has 126 valence electrons. The van der Waals surface area contributed by atoms with Gasteiger partial charge in [-0.05, 0) is 31.9 Å². The molecule has 1 aromatic rings. The van der Waals surface area contributed by atoms with Crippen LogP contribution in [0.1, 0.15) is 39.0 Å². The van der Waals surface area contributed by atoms with E-state index in [9.17, 15) is 4.79 Å². The zero-order chi connectivity index (χ0) is 16.1. The maximum absolute atomic E-state index is 12.6. The van der Waals surface area contributed by atoms with Crippen LogP contribution in [0.4, 0.5) is 11.6 Å². The minimum Gasteiger partial charge on any atom is -0.369 e. The number of amides is 1. The number of anilines is 2. The summed E-state index contributed by atoms with van der Waals surface area (Å²) in [5, 5.41) is 11.6. The van der Waals surface area contributed by atoms with Crippen LogP contribution in [0.3, 0.4) is 0 Å². The number of aromatic nitrogens is 2. The topological polar surface area (TPSA) is 61.4 Å². The number of rotatable bonds is 4. The number of nitrogens with one attached hydrogen (secondary N) is 1. The van der Waals surface area contributed by atoms with Crippen molar-refractivity contribution in [3.8, 4) is 0 Å². The van der Waals surface area contributed by atoms with E-state index in [1.807, 2.05) is 24.0 Å². The molecule has 6 nitrogen and oxygen atoms in total. The Bertz CT molecular complexity index is 504. The summed E-state index contributed by atoms with van der Waals surface area (Å²) in [6.45, 7) is 6.16. The molecule has 0 radical (unpaired) electrons. The summed E-state index contributed by atoms with van der Waals surface area (Å²) in [5.74, 6) is 2.35. The smallest absolute Gasteiger partial charge is 0.225 e. The van der Waals surface area contributed by atoms with E-state index in [-0.39, 0.29) is 5.92 Å². The number of carbonyl (C=O) groups excluding carboxylic acids is 1. The number of carbonyl (C=O) groups is 1. The highest BCUT2D eigenvalue weighted by molar-refractivity contribution is 5.79. The first kappa shape index (κ1) is 16.0. The number of piperazine rings is 1. The predicted octanol–water partition coefficient (Wildman–Crippen LogP) is 2.14. The van der Waals surface area contributed by atoms with Crippen LogP contribution < -0.4 is 10.2 Å². The summed E-state index contributed by atoms with van der Waals surface area (Å²) in [6.07, 6.45) is 5.88. The van der Waals surface area contributed by atoms with Gasteiger partial charge in [-0.25, -0.2) is 0 Å². The summed E-state index contributed by atoms with van der Waals surface area (Å²) < 4.78 is 0. The van der Waals surface area contributed by atoms with Crippen molar-refractivity contribution in [3.05, 3.63) is 12.1 Å². The van der Waals surface area contributed by atoms with Crippen molar-refractivity contribution in [1.82, 2.24) is 15.1 Å². The molecule has 1 amide bonds. The van der Waals surface area contributed by atoms with Crippen molar-refractivity contribution < 1.29 is 4.79 Å². The largest absolute Gasteiger partial charge is 0.369 e. The van der Waals surface area contributed by atoms with E-state index in [2.05, 4.69) is 20.4 Å². The normalized spacial score (nSPS) is 19.7. The summed E-state index contributed by atoms with van der Waals surface area (Å²) >= 11 is 0. The molecule has 0 unspecified atom stereocenters. The van der Waals surface area contributed by atoms with Crippen LogP contribution in [-0.2, 0) is 4.79 Å². The Labute approximate surface area is 138 Å². The molecule has 6 heteroatoms. The minimum absolute atomic E-state index is 0.273. The lowest BCUT2D eigenvalue weighted by Gasteiger charge is -2.37. The van der Waals surface area contributed by atoms with E-state index in [1.165, 1.54) is 19.3 Å². The van der Waals surface area contributed by atoms with Crippen LogP contribution in [0.5, 0.6) is 0 Å². The first-order valence-corrected chi connectivity index (χ1v) is 8.89. The molecule has 2 aliphatic rings. The van der Waals surface area contributed by atoms with Crippen molar-refractivity contribution in [2.45, 2.75) is 39.0 Å². The predicted molar refractivity (Wildman–Crippen MR) is 91.6 cm³/mol. The summed E-state index contributed by atoms with van der Waals surface area (Å²) in [4.78, 5) is 16.8. The quantitative estimate of drug-likeness (QED) is 0.922. The fourth-order valence-corrected chi connectivity index (χ4v) is 3.53. The molecule has 0 aromatic carbocycles. The SMILES string of the molecule is CCNc1ccc(N2CCN(C(=O)C3CCCCC3)CC2)nn1. The molecule has 2 heterocycles. The Morgan fingerprint density at radius 1 is 1.13 bits per heavy atom. The van der Waals surface area contributed by atoms with Crippen molar-refractivity contribution in [2.75, 3.05) is 42.9 Å². The van der Waals surface area contributed by atoms with Gasteiger partial charge in [0, 0.05) is 38.6 Å². The van der Waals surface area contributed by atoms with Gasteiger partial charge in [-0.15, -0.1) is 10.2 Å². The average Bonchev–Trinajstić information content (AvgIpc) is 2.63. The van der Waals surface area contributed by atoms with E-state index in [0.29, 0.717) is 5.91 Å². The Morgan fingerprint density at radius 2 is 1.87 bits per heavy atom. The van der Waals surface area contributed by atoms with Gasteiger partial charge < -0.3 is 15.1 Å². The highest BCUT2D eigenvalue weighted by Gasteiger charge is 2.28. The highest BCUT2D eigenvalue weighted by atomic mass is 16.2. The Kier molecular flexibility index (Phi) is 5.31. The molecule has 1 aromatic heterocycles. The van der Waals surface area contributed by atoms with Crippen LogP contribution in [0.25, 0.3) is 0 Å². The van der Waals surface area contributed by atoms with Crippen molar-refractivity contribution >= 4 is 17.5 Å². The van der Waals surface area contributed by atoms with Gasteiger partial charge in [-0.3, -0.25) is 4.79 Å². The van der Waals surface area contributed by atoms with E-state index < -0.39 is 0 Å². The zero-order valence-corrected chi connectivity index (χ0v) is 14.0. The monoisotopic (exact) mass is 317 g/mol. The van der Waals surface area contributed by atoms with E-state index in [0.717, 1.165) is 57.2 Å². The van der Waals surface area contributed by atoms with Crippen LogP contribution in [0, 0.1) is 5.92 Å². The second kappa shape index (κ2) is 7.62. The summed E-state index contributed by atoms with van der Waals surface area (Å²) in [5.41, 5.74) is 0. The first-order chi connectivity index (χ1) is 11.3. The first-order valence-electron chi connectivity index (χ1n) is 8.89. The second-order valence-electron chi connectivity index (χ2n) is 6.45. The molecule has 23 heavy (non-hydrogen) atoms. The number of hydrogen-bond acceptors (Lipinski definition) is 5. The average molecular weight is 317 g/mol. The third kappa shape index (κ3) is 3.92. The van der Waals surface area contributed by atoms with E-state index in [1.54, 1.807) is 0 Å². The van der Waals surface area contributed by atoms with Crippen LogP contribution in [0.2, 0.25) is 0 Å². The van der Waals surface area contributed by atoms with Crippen LogP contribution in [-0.4, -0.2) is 53.7 Å². The maximum Gasteiger partial charge on any atom is 0.225 e. The molecule has 2 fully saturated rings. The fraction of sp³-hybridized carbons (Fsp3) is 0.706. The van der Waals surface area contributed by atoms with E-state index >= 15 is 0 Å². The molecular weight excluding hydrogens is 290 g/mol. The van der Waals surface area contributed by atoms with Crippen molar-refractivity contribution in [2.24, 2.45) is 5.92 Å². The van der Waals surface area contributed by atoms with Crippen LogP contribution in [0.15, 0.2) is 12.1 Å². The molecule has 1 saturated carbocycles. The maximum atomic E-state index is 12.6. The van der Waals surface area contributed by atoms with Gasteiger partial charge in [0.15, 0.2) is 5.82 Å². The standard InChI is InChI=1S/C17H27N5O/c1-2-18-15-8-9-16(20-19-15)21-10-12-22(13-11-21)17(23)14-6-4-3-5-7-14/h8-9,14H,2-7,10-13H2,1H3,(H,18,19). The van der Waals surface area contributed by atoms with E-state index in [4.69, 9.17) is 0 Å². The van der Waals surface area contributed by atoms with Gasteiger partial charge in [-0.2, -0.15) is 0 Å². The summed E-state index contributed by atoms with van der Waals surface area (Å²) in [6, 6.07) is 3.97. The van der Waals surface area contributed by atoms with Crippen molar-refractivity contribution in [3.63, 3.8) is 0 Å². The van der Waals surface area contributed by atoms with Crippen LogP contribution >= 0.6 is 0 Å². The zero-order valence-electron chi connectivity index (χ0n) is 14.0. The molecule has 3 rings (SSSR count). The highest BCUT2D eigenvalue weighted by Crippen LogP contribution is 2.26. The second-order valence-corrected chi connectivity index (χ2v) is 6.45. The molecule has 1 aliphatic carbocycles. The molecule has 1 saturated heterocycles. The fourth-order valence-electron chi connectivity index (χ4n) is 3.53. The lowest BCUT2D eigenvalue weighted by molar-refractivity contribution is -0.136. The third-order valence-corrected chi connectivity index (χ3v) is 4.88. The Hall–Kier alpha value is -1.85. The molecule has 0 atom stereocenters. The lowest BCUT2D eigenvalue weighted by Crippen LogP contribution is -2.50. The van der Waals surface area contributed by atoms with Gasteiger partial charge in [0.05, 0.1) is 0 Å². The molecule has 0 spiro atoms. The molecule has 1 N–H and O–H groups in total. The van der Waals surface area contributed by atoms with Gasteiger partial charge in [-0.1, -0.05) is 19.3 Å². The molecule has 1 aliphatic heterocycles. The number of hydrogen-bond donors (Lipinski definition) is 1. The minimum atomic E-state index is 0.273. The van der Waals surface area contributed by atoms with Gasteiger partial charge >= 0.3 is 0 Å². The van der Waals surface area contributed by atoms with Gasteiger partial charge in [0.1, 0.15) is 5.82 Å². The number of nitrogens with zero attached hydrogens (tertiary/aromatic N) is 4. The molecular formula is C17H27N5O. The van der Waals surface area contributed by atoms with Gasteiger partial charge in [0.25, 0.3) is 0 Å². The third-order valence-electron chi connectivity index (χ3n) is 4.88. The lowest BCUT2D eigenvalue weighted by atomic mass is 9.88. The Morgan fingerprint density at radius 3 is 2.48 bits per heavy atom. The summed E-state index contributed by atoms with van der Waals surface area (Å²) in [7, 11) is 0. The van der Waals surface area contributed by atoms with Crippen molar-refractivity contribution in [1.29, 1.82) is 0 Å².